The van der Waals surface area contributed by atoms with Gasteiger partial charge in [-0.1, -0.05) is 0 Å². The van der Waals surface area contributed by atoms with Crippen LogP contribution in [-0.2, 0) is 19.1 Å². The van der Waals surface area contributed by atoms with Gasteiger partial charge in [0.05, 0.1) is 17.9 Å². The Bertz CT molecular complexity index is 205. The minimum absolute atomic E-state index is 0. The molecule has 68 valence electrons. The van der Waals surface area contributed by atoms with Crippen molar-refractivity contribution < 1.29 is 123 Å². The first kappa shape index (κ1) is 25.3. The molecule has 0 N–H and O–H groups in total. The number of hydrogen-bond acceptors (Lipinski definition) is 7. The molecule has 10 heteroatoms. The van der Waals surface area contributed by atoms with Crippen molar-refractivity contribution in [1.29, 1.82) is 0 Å². The largest absolute Gasteiger partial charge is 1.00 e. The molecular formula is C5H3Na3O7. The normalized spacial score (nSPS) is 8.60. The van der Waals surface area contributed by atoms with Gasteiger partial charge in [0.25, 0.3) is 0 Å². The predicted octanol–water partition coefficient (Wildman–Crippen LogP) is -14.4. The third kappa shape index (κ3) is 5.49. The van der Waals surface area contributed by atoms with Crippen molar-refractivity contribution in [1.82, 2.24) is 0 Å². The molecule has 0 heterocycles. The Morgan fingerprint density at radius 3 is 1.07 bits per heavy atom. The zero-order valence-electron chi connectivity index (χ0n) is 8.86. The number of methoxy groups -OCH3 is 1. The van der Waals surface area contributed by atoms with Gasteiger partial charge in [-0.3, -0.25) is 0 Å². The fraction of sp³-hybridized carbons (Fsp3) is 0.400. The molecule has 0 aromatic heterocycles. The van der Waals surface area contributed by atoms with Gasteiger partial charge in [-0.2, -0.15) is 0 Å². The van der Waals surface area contributed by atoms with Crippen LogP contribution in [0, 0.1) is 0 Å². The van der Waals surface area contributed by atoms with Crippen molar-refractivity contribution in [3.05, 3.63) is 0 Å². The van der Waals surface area contributed by atoms with E-state index in [1.54, 1.807) is 0 Å². The van der Waals surface area contributed by atoms with Crippen molar-refractivity contribution in [3.8, 4) is 0 Å². The molecule has 0 aliphatic rings. The Labute approximate surface area is 151 Å². The van der Waals surface area contributed by atoms with Crippen molar-refractivity contribution in [2.75, 3.05) is 7.11 Å². The van der Waals surface area contributed by atoms with Crippen LogP contribution in [0.3, 0.4) is 0 Å². The first-order valence-electron chi connectivity index (χ1n) is 2.59. The summed E-state index contributed by atoms with van der Waals surface area (Å²) in [6, 6.07) is 0. The monoisotopic (exact) mass is 244 g/mol. The molecule has 0 unspecified atom stereocenters. The van der Waals surface area contributed by atoms with Gasteiger partial charge in [0.1, 0.15) is 0 Å². The van der Waals surface area contributed by atoms with E-state index >= 15 is 0 Å². The molecule has 0 amide bonds. The van der Waals surface area contributed by atoms with Crippen LogP contribution in [0.5, 0.6) is 0 Å². The minimum Gasteiger partial charge on any atom is -0.546 e. The molecular weight excluding hydrogens is 241 g/mol. The van der Waals surface area contributed by atoms with Gasteiger partial charge >= 0.3 is 88.7 Å². The number of ether oxygens (including phenoxy) is 1. The van der Waals surface area contributed by atoms with E-state index in [0.717, 1.165) is 0 Å². The summed E-state index contributed by atoms with van der Waals surface area (Å²) in [4.78, 5) is 30.2. The van der Waals surface area contributed by atoms with Gasteiger partial charge in [-0.05, 0) is 0 Å². The Morgan fingerprint density at radius 2 is 1.07 bits per heavy atom. The average Bonchev–Trinajstić information content (AvgIpc) is 1.86. The van der Waals surface area contributed by atoms with Crippen molar-refractivity contribution in [3.63, 3.8) is 0 Å². The molecule has 0 bridgehead atoms. The Kier molecular flexibility index (Phi) is 17.7. The second kappa shape index (κ2) is 10.5. The maximum atomic E-state index is 10.1. The average molecular weight is 244 g/mol. The molecule has 0 aliphatic carbocycles. The molecule has 0 spiro atoms. The van der Waals surface area contributed by atoms with E-state index in [-0.39, 0.29) is 88.7 Å². The maximum Gasteiger partial charge on any atom is 1.00 e. The van der Waals surface area contributed by atoms with E-state index in [9.17, 15) is 29.7 Å². The standard InChI is InChI=1S/C5H6O7.3Na/c1-12-5(2(6)7,3(8)9)4(10)11;;;/h1H3,(H,6,7)(H,8,9)(H,10,11);;;/q;3*+1/p-3. The zero-order valence-corrected chi connectivity index (χ0v) is 14.9. The van der Waals surface area contributed by atoms with Gasteiger partial charge in [0.2, 0.25) is 0 Å². The number of carbonyl (C=O) groups excluding carboxylic acids is 3. The van der Waals surface area contributed by atoms with Gasteiger partial charge in [-0.15, -0.1) is 0 Å². The van der Waals surface area contributed by atoms with E-state index in [0.29, 0.717) is 7.11 Å². The van der Waals surface area contributed by atoms with E-state index in [2.05, 4.69) is 4.74 Å². The zero-order chi connectivity index (χ0) is 9.94. The minimum atomic E-state index is -3.54. The number of rotatable bonds is 4. The predicted molar refractivity (Wildman–Crippen MR) is 24.8 cm³/mol. The van der Waals surface area contributed by atoms with Crippen LogP contribution in [-0.4, -0.2) is 30.6 Å². The van der Waals surface area contributed by atoms with Crippen molar-refractivity contribution in [2.45, 2.75) is 5.60 Å². The van der Waals surface area contributed by atoms with Crippen LogP contribution in [0.15, 0.2) is 0 Å². The first-order chi connectivity index (χ1) is 5.39. The van der Waals surface area contributed by atoms with Crippen LogP contribution >= 0.6 is 0 Å². The van der Waals surface area contributed by atoms with Crippen LogP contribution in [0.2, 0.25) is 0 Å². The number of carboxylic acid groups (broad SMARTS) is 3. The third-order valence-electron chi connectivity index (χ3n) is 1.17. The van der Waals surface area contributed by atoms with Crippen LogP contribution < -0.4 is 104 Å². The van der Waals surface area contributed by atoms with Gasteiger partial charge in [0, 0.05) is 7.11 Å². The SMILES string of the molecule is COC(C(=O)[O-])(C(=O)[O-])C(=O)[O-].[Na+].[Na+].[Na+]. The number of carboxylic acids is 3. The summed E-state index contributed by atoms with van der Waals surface area (Å²) >= 11 is 0. The summed E-state index contributed by atoms with van der Waals surface area (Å²) in [6.45, 7) is 0. The van der Waals surface area contributed by atoms with Crippen LogP contribution in [0.1, 0.15) is 0 Å². The summed E-state index contributed by atoms with van der Waals surface area (Å²) in [6.07, 6.45) is 0. The molecule has 0 fully saturated rings. The maximum absolute atomic E-state index is 10.1. The molecule has 0 saturated heterocycles. The Hall–Kier alpha value is 1.37. The third-order valence-corrected chi connectivity index (χ3v) is 1.17. The second-order valence-corrected chi connectivity index (χ2v) is 1.75. The fourth-order valence-electron chi connectivity index (χ4n) is 0.500. The van der Waals surface area contributed by atoms with Crippen LogP contribution in [0.4, 0.5) is 0 Å². The molecule has 0 rings (SSSR count). The summed E-state index contributed by atoms with van der Waals surface area (Å²) < 4.78 is 3.74. The Morgan fingerprint density at radius 1 is 0.867 bits per heavy atom. The topological polar surface area (TPSA) is 130 Å². The fourth-order valence-corrected chi connectivity index (χ4v) is 0.500. The number of aliphatic carboxylic acids is 3. The van der Waals surface area contributed by atoms with Crippen LogP contribution in [0.25, 0.3) is 0 Å². The summed E-state index contributed by atoms with van der Waals surface area (Å²) in [5.41, 5.74) is -3.54. The summed E-state index contributed by atoms with van der Waals surface area (Å²) in [5, 5.41) is 30.2. The quantitative estimate of drug-likeness (QED) is 0.354. The molecule has 0 saturated carbocycles. The molecule has 15 heavy (non-hydrogen) atoms. The van der Waals surface area contributed by atoms with E-state index in [4.69, 9.17) is 0 Å². The van der Waals surface area contributed by atoms with Crippen molar-refractivity contribution >= 4 is 17.9 Å². The van der Waals surface area contributed by atoms with Gasteiger partial charge < -0.3 is 34.4 Å². The molecule has 0 radical (unpaired) electrons. The molecule has 0 aromatic rings. The Balaban J connectivity index is -0.000000202. The molecule has 0 aromatic carbocycles. The van der Waals surface area contributed by atoms with Gasteiger partial charge in [0.15, 0.2) is 5.60 Å². The molecule has 0 aliphatic heterocycles. The number of carbonyl (C=O) groups is 3. The second-order valence-electron chi connectivity index (χ2n) is 1.75. The van der Waals surface area contributed by atoms with E-state index < -0.39 is 23.5 Å². The molecule has 0 atom stereocenters. The summed E-state index contributed by atoms with van der Waals surface area (Å²) in [5.74, 6) is -7.36. The smallest absolute Gasteiger partial charge is 0.546 e. The van der Waals surface area contributed by atoms with Gasteiger partial charge in [-0.25, -0.2) is 0 Å². The molecule has 7 nitrogen and oxygen atoms in total. The number of hydrogen-bond donors (Lipinski definition) is 0. The van der Waals surface area contributed by atoms with E-state index in [1.807, 2.05) is 0 Å². The first-order valence-corrected chi connectivity index (χ1v) is 2.59. The van der Waals surface area contributed by atoms with E-state index in [1.165, 1.54) is 0 Å². The summed E-state index contributed by atoms with van der Waals surface area (Å²) in [7, 11) is 0.571. The van der Waals surface area contributed by atoms with Crippen molar-refractivity contribution in [2.24, 2.45) is 0 Å².